The van der Waals surface area contributed by atoms with Crippen LogP contribution in [0, 0.1) is 0 Å². The summed E-state index contributed by atoms with van der Waals surface area (Å²) in [6, 6.07) is 14.4. The molecule has 0 radical (unpaired) electrons. The second-order valence-electron chi connectivity index (χ2n) is 4.18. The quantitative estimate of drug-likeness (QED) is 0.928. The van der Waals surface area contributed by atoms with Gasteiger partial charge in [0.15, 0.2) is 0 Å². The molecule has 0 aromatic heterocycles. The summed E-state index contributed by atoms with van der Waals surface area (Å²) >= 11 is 0. The largest absolute Gasteiger partial charge is 0.497 e. The number of nitrogens with two attached hydrogens (primary N) is 1. The number of methoxy groups -OCH3 is 1. The Morgan fingerprint density at radius 1 is 1.11 bits per heavy atom. The third-order valence-electron chi connectivity index (χ3n) is 2.81. The molecule has 4 nitrogen and oxygen atoms in total. The molecule has 2 aromatic carbocycles. The van der Waals surface area contributed by atoms with E-state index >= 15 is 0 Å². The van der Waals surface area contributed by atoms with E-state index in [1.54, 1.807) is 12.1 Å². The molecule has 2 rings (SSSR count). The summed E-state index contributed by atoms with van der Waals surface area (Å²) in [5.74, 6) is 0.610. The van der Waals surface area contributed by atoms with E-state index in [1.807, 2.05) is 30.3 Å². The third kappa shape index (κ3) is 3.33. The zero-order valence-electron chi connectivity index (χ0n) is 10.5. The van der Waals surface area contributed by atoms with E-state index in [0.29, 0.717) is 17.7 Å². The molecule has 0 atom stereocenters. The molecular formula is C14H15NO3S. The van der Waals surface area contributed by atoms with Gasteiger partial charge in [-0.1, -0.05) is 30.3 Å². The maximum Gasteiger partial charge on any atom is 0.238 e. The van der Waals surface area contributed by atoms with Crippen molar-refractivity contribution in [3.63, 3.8) is 0 Å². The van der Waals surface area contributed by atoms with Gasteiger partial charge in [0.05, 0.1) is 12.0 Å². The monoisotopic (exact) mass is 277 g/mol. The van der Waals surface area contributed by atoms with Crippen LogP contribution in [0.5, 0.6) is 5.75 Å². The van der Waals surface area contributed by atoms with Gasteiger partial charge in [0, 0.05) is 0 Å². The minimum atomic E-state index is -3.73. The Hall–Kier alpha value is -1.85. The Morgan fingerprint density at radius 3 is 2.37 bits per heavy atom. The van der Waals surface area contributed by atoms with Crippen molar-refractivity contribution in [2.45, 2.75) is 11.3 Å². The van der Waals surface area contributed by atoms with Gasteiger partial charge >= 0.3 is 0 Å². The number of sulfonamides is 1. The number of rotatable bonds is 4. The Balaban J connectivity index is 2.47. The van der Waals surface area contributed by atoms with E-state index < -0.39 is 10.0 Å². The van der Waals surface area contributed by atoms with Gasteiger partial charge < -0.3 is 4.74 Å². The predicted molar refractivity (Wildman–Crippen MR) is 73.6 cm³/mol. The summed E-state index contributed by atoms with van der Waals surface area (Å²) in [6.45, 7) is 0. The molecule has 0 aliphatic carbocycles. The molecule has 2 N–H and O–H groups in total. The van der Waals surface area contributed by atoms with Gasteiger partial charge in [-0.2, -0.15) is 0 Å². The normalized spacial score (nSPS) is 11.3. The predicted octanol–water partition coefficient (Wildman–Crippen LogP) is 1.93. The molecule has 0 fully saturated rings. The van der Waals surface area contributed by atoms with Crippen LogP contribution < -0.4 is 9.88 Å². The minimum absolute atomic E-state index is 0.136. The molecule has 5 heteroatoms. The van der Waals surface area contributed by atoms with E-state index in [0.717, 1.165) is 5.56 Å². The van der Waals surface area contributed by atoms with Crippen LogP contribution in [0.4, 0.5) is 0 Å². The van der Waals surface area contributed by atoms with Gasteiger partial charge in [-0.05, 0) is 35.7 Å². The maximum absolute atomic E-state index is 11.6. The molecule has 0 aliphatic rings. The van der Waals surface area contributed by atoms with Crippen molar-refractivity contribution in [2.75, 3.05) is 7.11 Å². The summed E-state index contributed by atoms with van der Waals surface area (Å²) in [6.07, 6.45) is 0.490. The van der Waals surface area contributed by atoms with E-state index in [4.69, 9.17) is 9.88 Å². The van der Waals surface area contributed by atoms with E-state index in [1.165, 1.54) is 13.2 Å². The van der Waals surface area contributed by atoms with Crippen LogP contribution >= 0.6 is 0 Å². The molecule has 100 valence electrons. The Bertz CT molecular complexity index is 666. The molecular weight excluding hydrogens is 262 g/mol. The Morgan fingerprint density at radius 2 is 1.79 bits per heavy atom. The molecule has 0 saturated carbocycles. The highest BCUT2D eigenvalue weighted by Crippen LogP contribution is 2.23. The van der Waals surface area contributed by atoms with Crippen molar-refractivity contribution in [3.05, 3.63) is 59.7 Å². The molecule has 0 aliphatic heterocycles. The summed E-state index contributed by atoms with van der Waals surface area (Å²) in [5.41, 5.74) is 1.65. The highest BCUT2D eigenvalue weighted by atomic mass is 32.2. The fourth-order valence-electron chi connectivity index (χ4n) is 1.91. The second-order valence-corrected chi connectivity index (χ2v) is 5.71. The van der Waals surface area contributed by atoms with E-state index in [2.05, 4.69) is 0 Å². The van der Waals surface area contributed by atoms with Gasteiger partial charge in [0.25, 0.3) is 0 Å². The lowest BCUT2D eigenvalue weighted by Crippen LogP contribution is -2.14. The van der Waals surface area contributed by atoms with Crippen molar-refractivity contribution >= 4 is 10.0 Å². The van der Waals surface area contributed by atoms with Gasteiger partial charge in [-0.25, -0.2) is 13.6 Å². The van der Waals surface area contributed by atoms with Crippen LogP contribution in [0.25, 0.3) is 0 Å². The average Bonchev–Trinajstić information content (AvgIpc) is 2.38. The molecule has 0 unspecified atom stereocenters. The van der Waals surface area contributed by atoms with Crippen LogP contribution in [-0.2, 0) is 16.4 Å². The Labute approximate surface area is 112 Å². The zero-order chi connectivity index (χ0) is 13.9. The zero-order valence-corrected chi connectivity index (χ0v) is 11.4. The fraction of sp³-hybridized carbons (Fsp3) is 0.143. The smallest absolute Gasteiger partial charge is 0.238 e. The fourth-order valence-corrected chi connectivity index (χ4v) is 2.67. The van der Waals surface area contributed by atoms with Crippen LogP contribution in [0.15, 0.2) is 53.4 Å². The molecule has 2 aromatic rings. The average molecular weight is 277 g/mol. The highest BCUT2D eigenvalue weighted by Gasteiger charge is 2.15. The lowest BCUT2D eigenvalue weighted by atomic mass is 10.0. The summed E-state index contributed by atoms with van der Waals surface area (Å²) < 4.78 is 28.3. The van der Waals surface area contributed by atoms with Crippen LogP contribution in [0.2, 0.25) is 0 Å². The summed E-state index contributed by atoms with van der Waals surface area (Å²) in [5, 5.41) is 5.23. The SMILES string of the molecule is COc1ccc(S(N)(=O)=O)c(Cc2ccccc2)c1. The maximum atomic E-state index is 11.6. The highest BCUT2D eigenvalue weighted by molar-refractivity contribution is 7.89. The molecule has 19 heavy (non-hydrogen) atoms. The van der Waals surface area contributed by atoms with Crippen LogP contribution in [-0.4, -0.2) is 15.5 Å². The van der Waals surface area contributed by atoms with Crippen molar-refractivity contribution < 1.29 is 13.2 Å². The first-order valence-electron chi connectivity index (χ1n) is 5.74. The van der Waals surface area contributed by atoms with Crippen molar-refractivity contribution in [1.82, 2.24) is 0 Å². The summed E-state index contributed by atoms with van der Waals surface area (Å²) in [7, 11) is -2.19. The number of hydrogen-bond acceptors (Lipinski definition) is 3. The van der Waals surface area contributed by atoms with E-state index in [9.17, 15) is 8.42 Å². The molecule has 0 bridgehead atoms. The first-order valence-corrected chi connectivity index (χ1v) is 7.29. The number of benzene rings is 2. The van der Waals surface area contributed by atoms with Crippen molar-refractivity contribution in [1.29, 1.82) is 0 Å². The van der Waals surface area contributed by atoms with Crippen LogP contribution in [0.3, 0.4) is 0 Å². The topological polar surface area (TPSA) is 69.4 Å². The molecule has 0 amide bonds. The lowest BCUT2D eigenvalue weighted by Gasteiger charge is -2.10. The second kappa shape index (κ2) is 5.42. The first kappa shape index (κ1) is 13.6. The van der Waals surface area contributed by atoms with Crippen LogP contribution in [0.1, 0.15) is 11.1 Å². The lowest BCUT2D eigenvalue weighted by molar-refractivity contribution is 0.414. The standard InChI is InChI=1S/C14H15NO3S/c1-18-13-7-8-14(19(15,16)17)12(10-13)9-11-5-3-2-4-6-11/h2-8,10H,9H2,1H3,(H2,15,16,17). The van der Waals surface area contributed by atoms with Gasteiger partial charge in [0.1, 0.15) is 5.75 Å². The summed E-state index contributed by atoms with van der Waals surface area (Å²) in [4.78, 5) is 0.136. The van der Waals surface area contributed by atoms with Crippen molar-refractivity contribution in [3.8, 4) is 5.75 Å². The Kier molecular flexibility index (Phi) is 3.87. The third-order valence-corrected chi connectivity index (χ3v) is 3.82. The number of hydrogen-bond donors (Lipinski definition) is 1. The molecule has 0 saturated heterocycles. The van der Waals surface area contributed by atoms with Gasteiger partial charge in [-0.3, -0.25) is 0 Å². The van der Waals surface area contributed by atoms with E-state index in [-0.39, 0.29) is 4.90 Å². The number of primary sulfonamides is 1. The minimum Gasteiger partial charge on any atom is -0.497 e. The first-order chi connectivity index (χ1) is 9.00. The molecule has 0 heterocycles. The number of ether oxygens (including phenoxy) is 1. The van der Waals surface area contributed by atoms with Gasteiger partial charge in [0.2, 0.25) is 10.0 Å². The van der Waals surface area contributed by atoms with Gasteiger partial charge in [-0.15, -0.1) is 0 Å². The molecule has 0 spiro atoms. The van der Waals surface area contributed by atoms with Crippen molar-refractivity contribution in [2.24, 2.45) is 5.14 Å².